The van der Waals surface area contributed by atoms with Crippen LogP contribution in [0.5, 0.6) is 0 Å². The minimum absolute atomic E-state index is 0.143. The van der Waals surface area contributed by atoms with Crippen molar-refractivity contribution in [1.29, 1.82) is 0 Å². The van der Waals surface area contributed by atoms with Crippen LogP contribution in [0.3, 0.4) is 0 Å². The minimum Gasteiger partial charge on any atom is -0.375 e. The van der Waals surface area contributed by atoms with Crippen molar-refractivity contribution in [1.82, 2.24) is 0 Å². The summed E-state index contributed by atoms with van der Waals surface area (Å²) in [4.78, 5) is 0. The Bertz CT molecular complexity index is 213. The molecule has 1 aliphatic carbocycles. The first-order valence-electron chi connectivity index (χ1n) is 6.53. The highest BCUT2D eigenvalue weighted by Gasteiger charge is 2.45. The van der Waals surface area contributed by atoms with Crippen LogP contribution < -0.4 is 5.73 Å². The van der Waals surface area contributed by atoms with E-state index >= 15 is 0 Å². The number of rotatable bonds is 1. The van der Waals surface area contributed by atoms with E-state index in [0.29, 0.717) is 6.04 Å². The van der Waals surface area contributed by atoms with Gasteiger partial charge in [0, 0.05) is 12.6 Å². The third kappa shape index (κ3) is 2.21. The van der Waals surface area contributed by atoms with Crippen molar-refractivity contribution in [2.75, 3.05) is 6.61 Å². The van der Waals surface area contributed by atoms with Crippen LogP contribution in [0.2, 0.25) is 0 Å². The van der Waals surface area contributed by atoms with Gasteiger partial charge in [0.1, 0.15) is 0 Å². The molecule has 15 heavy (non-hydrogen) atoms. The molecule has 1 saturated heterocycles. The minimum atomic E-state index is 0.143. The van der Waals surface area contributed by atoms with Gasteiger partial charge in [-0.25, -0.2) is 0 Å². The molecule has 2 N–H and O–H groups in total. The standard InChI is InChI=1S/C13H25NO/c1-10(2)12-5-3-4-7-13(12)9-11(14)6-8-15-13/h10-12H,3-9,14H2,1-2H3. The van der Waals surface area contributed by atoms with Gasteiger partial charge in [0.15, 0.2) is 0 Å². The van der Waals surface area contributed by atoms with E-state index in [2.05, 4.69) is 13.8 Å². The Balaban J connectivity index is 2.13. The smallest absolute Gasteiger partial charge is 0.0727 e. The molecule has 1 heterocycles. The Morgan fingerprint density at radius 2 is 2.07 bits per heavy atom. The van der Waals surface area contributed by atoms with Crippen LogP contribution in [0.1, 0.15) is 52.4 Å². The summed E-state index contributed by atoms with van der Waals surface area (Å²) in [5.41, 5.74) is 6.27. The van der Waals surface area contributed by atoms with Crippen molar-refractivity contribution in [3.8, 4) is 0 Å². The van der Waals surface area contributed by atoms with Gasteiger partial charge in [-0.05, 0) is 37.5 Å². The molecule has 2 nitrogen and oxygen atoms in total. The van der Waals surface area contributed by atoms with Crippen LogP contribution in [-0.2, 0) is 4.74 Å². The monoisotopic (exact) mass is 211 g/mol. The molecule has 2 rings (SSSR count). The molecule has 2 fully saturated rings. The average molecular weight is 211 g/mol. The van der Waals surface area contributed by atoms with E-state index in [1.807, 2.05) is 0 Å². The third-order valence-corrected chi connectivity index (χ3v) is 4.33. The van der Waals surface area contributed by atoms with E-state index in [1.165, 1.54) is 25.7 Å². The quantitative estimate of drug-likeness (QED) is 0.724. The lowest BCUT2D eigenvalue weighted by Crippen LogP contribution is -2.52. The highest BCUT2D eigenvalue weighted by atomic mass is 16.5. The van der Waals surface area contributed by atoms with Gasteiger partial charge in [0.05, 0.1) is 5.60 Å². The van der Waals surface area contributed by atoms with E-state index < -0.39 is 0 Å². The van der Waals surface area contributed by atoms with Crippen LogP contribution >= 0.6 is 0 Å². The molecule has 0 radical (unpaired) electrons. The topological polar surface area (TPSA) is 35.2 Å². The molecule has 0 bridgehead atoms. The van der Waals surface area contributed by atoms with Gasteiger partial charge in [0.2, 0.25) is 0 Å². The average Bonchev–Trinajstić information content (AvgIpc) is 2.17. The second kappa shape index (κ2) is 4.42. The van der Waals surface area contributed by atoms with E-state index in [0.717, 1.165) is 31.3 Å². The summed E-state index contributed by atoms with van der Waals surface area (Å²) in [6.07, 6.45) is 7.43. The van der Waals surface area contributed by atoms with Gasteiger partial charge in [-0.1, -0.05) is 26.7 Å². The molecule has 1 aliphatic heterocycles. The molecule has 0 amide bonds. The van der Waals surface area contributed by atoms with Crippen LogP contribution in [0.4, 0.5) is 0 Å². The Morgan fingerprint density at radius 3 is 2.73 bits per heavy atom. The zero-order chi connectivity index (χ0) is 10.9. The van der Waals surface area contributed by atoms with E-state index in [4.69, 9.17) is 10.5 Å². The number of nitrogens with two attached hydrogens (primary N) is 1. The molecular weight excluding hydrogens is 186 g/mol. The summed E-state index contributed by atoms with van der Waals surface area (Å²) in [6.45, 7) is 5.55. The van der Waals surface area contributed by atoms with Gasteiger partial charge in [-0.2, -0.15) is 0 Å². The second-order valence-electron chi connectivity index (χ2n) is 5.76. The maximum atomic E-state index is 6.17. The van der Waals surface area contributed by atoms with Crippen molar-refractivity contribution >= 4 is 0 Å². The zero-order valence-electron chi connectivity index (χ0n) is 10.2. The largest absolute Gasteiger partial charge is 0.375 e. The van der Waals surface area contributed by atoms with Crippen molar-refractivity contribution in [2.24, 2.45) is 17.6 Å². The lowest BCUT2D eigenvalue weighted by Gasteiger charge is -2.49. The Labute approximate surface area is 93.6 Å². The molecule has 3 unspecified atom stereocenters. The van der Waals surface area contributed by atoms with Gasteiger partial charge in [-0.3, -0.25) is 0 Å². The van der Waals surface area contributed by atoms with Crippen LogP contribution in [0, 0.1) is 11.8 Å². The maximum absolute atomic E-state index is 6.17. The molecule has 1 saturated carbocycles. The van der Waals surface area contributed by atoms with E-state index in [1.54, 1.807) is 0 Å². The predicted molar refractivity (Wildman–Crippen MR) is 62.7 cm³/mol. The molecule has 88 valence electrons. The van der Waals surface area contributed by atoms with Crippen LogP contribution in [-0.4, -0.2) is 18.2 Å². The second-order valence-corrected chi connectivity index (χ2v) is 5.76. The Hall–Kier alpha value is -0.0800. The van der Waals surface area contributed by atoms with Crippen molar-refractivity contribution in [3.63, 3.8) is 0 Å². The fraction of sp³-hybridized carbons (Fsp3) is 1.00. The fourth-order valence-corrected chi connectivity index (χ4v) is 3.63. The van der Waals surface area contributed by atoms with Crippen molar-refractivity contribution < 1.29 is 4.74 Å². The lowest BCUT2D eigenvalue weighted by atomic mass is 9.66. The summed E-state index contributed by atoms with van der Waals surface area (Å²) in [5.74, 6) is 1.47. The summed E-state index contributed by atoms with van der Waals surface area (Å²) >= 11 is 0. The Morgan fingerprint density at radius 1 is 1.27 bits per heavy atom. The first kappa shape index (κ1) is 11.4. The number of hydrogen-bond donors (Lipinski definition) is 1. The normalized spacial score (nSPS) is 42.4. The molecule has 0 aromatic carbocycles. The first-order valence-corrected chi connectivity index (χ1v) is 6.53. The maximum Gasteiger partial charge on any atom is 0.0727 e. The van der Waals surface area contributed by atoms with Crippen LogP contribution in [0.15, 0.2) is 0 Å². The van der Waals surface area contributed by atoms with Gasteiger partial charge < -0.3 is 10.5 Å². The molecule has 1 spiro atoms. The summed E-state index contributed by atoms with van der Waals surface area (Å²) < 4.78 is 6.17. The fourth-order valence-electron chi connectivity index (χ4n) is 3.63. The lowest BCUT2D eigenvalue weighted by molar-refractivity contribution is -0.150. The molecule has 2 heteroatoms. The van der Waals surface area contributed by atoms with Crippen LogP contribution in [0.25, 0.3) is 0 Å². The summed E-state index contributed by atoms with van der Waals surface area (Å²) in [5, 5.41) is 0. The van der Waals surface area contributed by atoms with E-state index in [-0.39, 0.29) is 5.60 Å². The molecular formula is C13H25NO. The number of ether oxygens (including phenoxy) is 1. The van der Waals surface area contributed by atoms with E-state index in [9.17, 15) is 0 Å². The van der Waals surface area contributed by atoms with Crippen molar-refractivity contribution in [2.45, 2.75) is 64.0 Å². The van der Waals surface area contributed by atoms with Gasteiger partial charge in [0.25, 0.3) is 0 Å². The summed E-state index contributed by atoms with van der Waals surface area (Å²) in [6, 6.07) is 0.373. The highest BCUT2D eigenvalue weighted by molar-refractivity contribution is 4.97. The number of hydrogen-bond acceptors (Lipinski definition) is 2. The molecule has 0 aromatic rings. The Kier molecular flexibility index (Phi) is 3.36. The highest BCUT2D eigenvalue weighted by Crippen LogP contribution is 2.45. The SMILES string of the molecule is CC(C)C1CCCCC12CC(N)CCO2. The molecule has 2 aliphatic rings. The predicted octanol–water partition coefficient (Wildman–Crippen LogP) is 2.71. The van der Waals surface area contributed by atoms with Gasteiger partial charge >= 0.3 is 0 Å². The molecule has 0 aromatic heterocycles. The van der Waals surface area contributed by atoms with Crippen molar-refractivity contribution in [3.05, 3.63) is 0 Å². The zero-order valence-corrected chi connectivity index (χ0v) is 10.2. The van der Waals surface area contributed by atoms with Gasteiger partial charge in [-0.15, -0.1) is 0 Å². The molecule has 3 atom stereocenters. The third-order valence-electron chi connectivity index (χ3n) is 4.33. The first-order chi connectivity index (χ1) is 7.14. The summed E-state index contributed by atoms with van der Waals surface area (Å²) in [7, 11) is 0.